The van der Waals surface area contributed by atoms with E-state index in [9.17, 15) is 4.79 Å². The molecule has 23 heavy (non-hydrogen) atoms. The summed E-state index contributed by atoms with van der Waals surface area (Å²) in [4.78, 5) is 11.8. The molecular weight excluding hydrogens is 356 g/mol. The number of aryl methyl sites for hydroxylation is 2. The number of hydrogen-bond donors (Lipinski definition) is 2. The van der Waals surface area contributed by atoms with Gasteiger partial charge in [0.25, 0.3) is 0 Å². The Kier molecular flexibility index (Phi) is 5.61. The molecule has 2 rings (SSSR count). The van der Waals surface area contributed by atoms with Crippen molar-refractivity contribution in [3.8, 4) is 0 Å². The first-order chi connectivity index (χ1) is 10.6. The van der Waals surface area contributed by atoms with Crippen LogP contribution in [0.15, 0.2) is 16.6 Å². The maximum absolute atomic E-state index is 11.8. The average molecular weight is 383 g/mol. The summed E-state index contributed by atoms with van der Waals surface area (Å²) >= 11 is 3.60. The molecule has 4 nitrogen and oxygen atoms in total. The van der Waals surface area contributed by atoms with Gasteiger partial charge in [-0.15, -0.1) is 0 Å². The zero-order valence-corrected chi connectivity index (χ0v) is 16.2. The van der Waals surface area contributed by atoms with E-state index in [4.69, 9.17) is 4.74 Å². The summed E-state index contributed by atoms with van der Waals surface area (Å²) in [6.45, 7) is 9.84. The Morgan fingerprint density at radius 1 is 1.17 bits per heavy atom. The van der Waals surface area contributed by atoms with Crippen molar-refractivity contribution in [2.24, 2.45) is 0 Å². The van der Waals surface area contributed by atoms with Gasteiger partial charge >= 0.3 is 6.09 Å². The lowest BCUT2D eigenvalue weighted by atomic mass is 10.1. The molecule has 0 bridgehead atoms. The van der Waals surface area contributed by atoms with Crippen molar-refractivity contribution in [2.75, 3.05) is 5.32 Å². The number of alkyl carbamates (subject to hydrolysis) is 1. The monoisotopic (exact) mass is 382 g/mol. The molecule has 2 atom stereocenters. The summed E-state index contributed by atoms with van der Waals surface area (Å²) in [5.41, 5.74) is 3.15. The molecule has 0 spiro atoms. The fourth-order valence-electron chi connectivity index (χ4n) is 2.98. The Hall–Kier alpha value is -1.23. The van der Waals surface area contributed by atoms with Gasteiger partial charge in [-0.25, -0.2) is 4.79 Å². The van der Waals surface area contributed by atoms with E-state index in [-0.39, 0.29) is 12.1 Å². The van der Waals surface area contributed by atoms with Gasteiger partial charge in [0.1, 0.15) is 5.60 Å². The molecule has 0 aliphatic heterocycles. The van der Waals surface area contributed by atoms with Gasteiger partial charge in [0.2, 0.25) is 0 Å². The van der Waals surface area contributed by atoms with E-state index < -0.39 is 5.60 Å². The van der Waals surface area contributed by atoms with Crippen molar-refractivity contribution in [3.63, 3.8) is 0 Å². The van der Waals surface area contributed by atoms with Crippen LogP contribution in [-0.4, -0.2) is 23.8 Å². The van der Waals surface area contributed by atoms with Crippen LogP contribution >= 0.6 is 15.9 Å². The summed E-state index contributed by atoms with van der Waals surface area (Å²) in [6, 6.07) is 4.88. The van der Waals surface area contributed by atoms with Crippen LogP contribution in [0.4, 0.5) is 10.5 Å². The molecule has 1 aliphatic rings. The predicted octanol–water partition coefficient (Wildman–Crippen LogP) is 4.92. The van der Waals surface area contributed by atoms with Crippen molar-refractivity contribution in [3.05, 3.63) is 27.7 Å². The first kappa shape index (κ1) is 18.1. The molecule has 128 valence electrons. The van der Waals surface area contributed by atoms with Crippen LogP contribution < -0.4 is 10.6 Å². The molecule has 5 heteroatoms. The van der Waals surface area contributed by atoms with Crippen LogP contribution in [0.2, 0.25) is 0 Å². The molecule has 2 unspecified atom stereocenters. The third-order valence-electron chi connectivity index (χ3n) is 3.96. The predicted molar refractivity (Wildman–Crippen MR) is 98.0 cm³/mol. The third kappa shape index (κ3) is 5.41. The normalized spacial score (nSPS) is 21.1. The first-order valence-corrected chi connectivity index (χ1v) is 8.96. The summed E-state index contributed by atoms with van der Waals surface area (Å²) in [5.74, 6) is 0. The highest BCUT2D eigenvalue weighted by atomic mass is 79.9. The molecule has 0 aromatic heterocycles. The molecule has 1 aliphatic carbocycles. The maximum Gasteiger partial charge on any atom is 0.407 e. The van der Waals surface area contributed by atoms with E-state index >= 15 is 0 Å². The number of benzene rings is 1. The molecule has 1 saturated carbocycles. The average Bonchev–Trinajstić information content (AvgIpc) is 2.80. The molecular formula is C18H27BrN2O2. The quantitative estimate of drug-likeness (QED) is 0.779. The van der Waals surface area contributed by atoms with Crippen LogP contribution in [0.5, 0.6) is 0 Å². The Labute approximate surface area is 147 Å². The van der Waals surface area contributed by atoms with E-state index in [0.717, 1.165) is 24.9 Å². The number of rotatable bonds is 3. The highest BCUT2D eigenvalue weighted by Crippen LogP contribution is 2.28. The third-order valence-corrected chi connectivity index (χ3v) is 5.21. The van der Waals surface area contributed by atoms with Crippen LogP contribution in [0.1, 0.15) is 51.2 Å². The zero-order chi connectivity index (χ0) is 17.2. The fraction of sp³-hybridized carbons (Fsp3) is 0.611. The standard InChI is InChI=1S/C18H27BrN2O2/c1-11-8-15(9-12(2)16(11)19)20-13-6-7-14(10-13)21-17(22)23-18(3,4)5/h8-9,13-14,20H,6-7,10H2,1-5H3,(H,21,22). The lowest BCUT2D eigenvalue weighted by Gasteiger charge is -2.22. The Bertz CT molecular complexity index is 558. The second kappa shape index (κ2) is 7.12. The molecule has 1 aromatic rings. The molecule has 1 aromatic carbocycles. The SMILES string of the molecule is Cc1cc(NC2CCC(NC(=O)OC(C)(C)C)C2)cc(C)c1Br. The minimum Gasteiger partial charge on any atom is -0.444 e. The minimum atomic E-state index is -0.452. The van der Waals surface area contributed by atoms with Crippen LogP contribution in [0.3, 0.4) is 0 Å². The number of nitrogens with one attached hydrogen (secondary N) is 2. The van der Waals surface area contributed by atoms with Crippen LogP contribution in [0.25, 0.3) is 0 Å². The number of carbonyl (C=O) groups is 1. The molecule has 1 amide bonds. The largest absolute Gasteiger partial charge is 0.444 e. The number of anilines is 1. The lowest BCUT2D eigenvalue weighted by molar-refractivity contribution is 0.0505. The second-order valence-electron chi connectivity index (χ2n) is 7.42. The van der Waals surface area contributed by atoms with E-state index in [2.05, 4.69) is 52.5 Å². The van der Waals surface area contributed by atoms with Gasteiger partial charge in [-0.2, -0.15) is 0 Å². The maximum atomic E-state index is 11.8. The van der Waals surface area contributed by atoms with E-state index in [1.165, 1.54) is 15.6 Å². The number of halogens is 1. The Balaban J connectivity index is 1.87. The van der Waals surface area contributed by atoms with Gasteiger partial charge in [-0.1, -0.05) is 15.9 Å². The van der Waals surface area contributed by atoms with Gasteiger partial charge in [0.05, 0.1) is 0 Å². The summed E-state index contributed by atoms with van der Waals surface area (Å²) in [7, 11) is 0. The van der Waals surface area contributed by atoms with Crippen molar-refractivity contribution >= 4 is 27.7 Å². The summed E-state index contributed by atoms with van der Waals surface area (Å²) in [6.07, 6.45) is 2.63. The second-order valence-corrected chi connectivity index (χ2v) is 8.21. The molecule has 1 fully saturated rings. The van der Waals surface area contributed by atoms with Crippen molar-refractivity contribution < 1.29 is 9.53 Å². The van der Waals surface area contributed by atoms with Crippen LogP contribution in [0, 0.1) is 13.8 Å². The summed E-state index contributed by atoms with van der Waals surface area (Å²) < 4.78 is 6.49. The van der Waals surface area contributed by atoms with E-state index in [1.807, 2.05) is 20.8 Å². The number of carbonyl (C=O) groups excluding carboxylic acids is 1. The Morgan fingerprint density at radius 2 is 1.74 bits per heavy atom. The summed E-state index contributed by atoms with van der Waals surface area (Å²) in [5, 5.41) is 6.56. The van der Waals surface area contributed by atoms with Crippen molar-refractivity contribution in [1.29, 1.82) is 0 Å². The number of ether oxygens (including phenoxy) is 1. The number of amides is 1. The molecule has 0 heterocycles. The van der Waals surface area contributed by atoms with Crippen molar-refractivity contribution in [1.82, 2.24) is 5.32 Å². The molecule has 2 N–H and O–H groups in total. The fourth-order valence-corrected chi connectivity index (χ4v) is 3.21. The highest BCUT2D eigenvalue weighted by Gasteiger charge is 2.27. The van der Waals surface area contributed by atoms with E-state index in [0.29, 0.717) is 6.04 Å². The smallest absolute Gasteiger partial charge is 0.407 e. The van der Waals surface area contributed by atoms with Gasteiger partial charge in [-0.05, 0) is 77.1 Å². The van der Waals surface area contributed by atoms with Gasteiger partial charge in [-0.3, -0.25) is 0 Å². The van der Waals surface area contributed by atoms with E-state index in [1.54, 1.807) is 0 Å². The first-order valence-electron chi connectivity index (χ1n) is 8.17. The minimum absolute atomic E-state index is 0.181. The lowest BCUT2D eigenvalue weighted by Crippen LogP contribution is -2.38. The highest BCUT2D eigenvalue weighted by molar-refractivity contribution is 9.10. The van der Waals surface area contributed by atoms with Crippen LogP contribution in [-0.2, 0) is 4.74 Å². The molecule has 0 radical (unpaired) electrons. The Morgan fingerprint density at radius 3 is 2.30 bits per heavy atom. The van der Waals surface area contributed by atoms with Gasteiger partial charge in [0.15, 0.2) is 0 Å². The van der Waals surface area contributed by atoms with Crippen molar-refractivity contribution in [2.45, 2.75) is 71.6 Å². The number of hydrogen-bond acceptors (Lipinski definition) is 3. The van der Waals surface area contributed by atoms with Gasteiger partial charge < -0.3 is 15.4 Å². The topological polar surface area (TPSA) is 50.4 Å². The molecule has 0 saturated heterocycles. The van der Waals surface area contributed by atoms with Gasteiger partial charge in [0, 0.05) is 22.2 Å². The zero-order valence-electron chi connectivity index (χ0n) is 14.6.